The Balaban J connectivity index is 2.35. The molecule has 1 N–H and O–H groups in total. The summed E-state index contributed by atoms with van der Waals surface area (Å²) in [6.45, 7) is 3.76. The first-order valence-electron chi connectivity index (χ1n) is 4.80. The van der Waals surface area contributed by atoms with Crippen LogP contribution in [0.4, 0.5) is 0 Å². The third-order valence-corrected chi connectivity index (χ3v) is 2.54. The van der Waals surface area contributed by atoms with Crippen LogP contribution >= 0.6 is 0 Å². The van der Waals surface area contributed by atoms with E-state index in [2.05, 4.69) is 10.3 Å². The standard InChI is InChI=1S/C12H12N2O/c1-8-9(2)12(15)14-11(8)7-10-5-3-4-6-13-10/h3-7H,1-2H3,(H,14,15)/b11-7+. The lowest BCUT2D eigenvalue weighted by Gasteiger charge is -1.99. The van der Waals surface area contributed by atoms with E-state index in [-0.39, 0.29) is 5.91 Å². The van der Waals surface area contributed by atoms with Gasteiger partial charge in [0.2, 0.25) is 0 Å². The third-order valence-electron chi connectivity index (χ3n) is 2.54. The lowest BCUT2D eigenvalue weighted by molar-refractivity contribution is -0.116. The molecule has 0 bridgehead atoms. The fourth-order valence-electron chi connectivity index (χ4n) is 1.44. The zero-order chi connectivity index (χ0) is 10.8. The summed E-state index contributed by atoms with van der Waals surface area (Å²) in [5.41, 5.74) is 3.46. The van der Waals surface area contributed by atoms with Gasteiger partial charge in [-0.15, -0.1) is 0 Å². The predicted molar refractivity (Wildman–Crippen MR) is 58.7 cm³/mol. The van der Waals surface area contributed by atoms with Gasteiger partial charge in [-0.1, -0.05) is 6.07 Å². The number of aromatic nitrogens is 1. The van der Waals surface area contributed by atoms with Crippen molar-refractivity contribution < 1.29 is 4.79 Å². The molecular formula is C12H12N2O. The first-order valence-corrected chi connectivity index (χ1v) is 4.80. The smallest absolute Gasteiger partial charge is 0.251 e. The third kappa shape index (κ3) is 1.81. The molecule has 76 valence electrons. The van der Waals surface area contributed by atoms with Gasteiger partial charge in [-0.25, -0.2) is 0 Å². The zero-order valence-electron chi connectivity index (χ0n) is 8.74. The van der Waals surface area contributed by atoms with Gasteiger partial charge in [-0.2, -0.15) is 0 Å². The summed E-state index contributed by atoms with van der Waals surface area (Å²) in [5.74, 6) is -0.0188. The molecule has 1 aliphatic heterocycles. The molecule has 0 fully saturated rings. The van der Waals surface area contributed by atoms with E-state index < -0.39 is 0 Å². The maximum atomic E-state index is 11.4. The average Bonchev–Trinajstić information content (AvgIpc) is 2.48. The Morgan fingerprint density at radius 3 is 2.60 bits per heavy atom. The second kappa shape index (κ2) is 3.69. The van der Waals surface area contributed by atoms with Gasteiger partial charge in [-0.05, 0) is 37.6 Å². The Morgan fingerprint density at radius 2 is 2.07 bits per heavy atom. The number of allylic oxidation sites excluding steroid dienone is 1. The van der Waals surface area contributed by atoms with Crippen LogP contribution in [0.5, 0.6) is 0 Å². The molecule has 1 aromatic rings. The Labute approximate surface area is 88.5 Å². The lowest BCUT2D eigenvalue weighted by Crippen LogP contribution is -2.15. The number of pyridine rings is 1. The second-order valence-corrected chi connectivity index (χ2v) is 3.52. The van der Waals surface area contributed by atoms with Crippen molar-refractivity contribution in [3.63, 3.8) is 0 Å². The molecule has 15 heavy (non-hydrogen) atoms. The molecule has 2 heterocycles. The minimum absolute atomic E-state index is 0.0188. The maximum Gasteiger partial charge on any atom is 0.251 e. The van der Waals surface area contributed by atoms with Crippen LogP contribution in [0.3, 0.4) is 0 Å². The van der Waals surface area contributed by atoms with Crippen LogP contribution in [-0.4, -0.2) is 10.9 Å². The molecule has 1 aromatic heterocycles. The average molecular weight is 200 g/mol. The molecule has 2 rings (SSSR count). The normalized spacial score (nSPS) is 18.5. The topological polar surface area (TPSA) is 42.0 Å². The molecule has 0 radical (unpaired) electrons. The molecule has 0 saturated heterocycles. The van der Waals surface area contributed by atoms with Crippen molar-refractivity contribution in [3.8, 4) is 0 Å². The Bertz CT molecular complexity index is 458. The summed E-state index contributed by atoms with van der Waals surface area (Å²) in [7, 11) is 0. The molecule has 3 nitrogen and oxygen atoms in total. The van der Waals surface area contributed by atoms with Crippen LogP contribution in [0.2, 0.25) is 0 Å². The summed E-state index contributed by atoms with van der Waals surface area (Å²) in [6.07, 6.45) is 3.61. The fourth-order valence-corrected chi connectivity index (χ4v) is 1.44. The lowest BCUT2D eigenvalue weighted by atomic mass is 10.1. The highest BCUT2D eigenvalue weighted by molar-refractivity contribution is 6.00. The summed E-state index contributed by atoms with van der Waals surface area (Å²) >= 11 is 0. The number of hydrogen-bond donors (Lipinski definition) is 1. The van der Waals surface area contributed by atoms with Gasteiger partial charge in [0.1, 0.15) is 0 Å². The summed E-state index contributed by atoms with van der Waals surface area (Å²) in [4.78, 5) is 15.5. The van der Waals surface area contributed by atoms with Gasteiger partial charge in [0.25, 0.3) is 5.91 Å². The van der Waals surface area contributed by atoms with E-state index in [0.717, 1.165) is 22.5 Å². The minimum Gasteiger partial charge on any atom is -0.322 e. The van der Waals surface area contributed by atoms with Crippen molar-refractivity contribution in [3.05, 3.63) is 46.9 Å². The van der Waals surface area contributed by atoms with Crippen LogP contribution in [0, 0.1) is 0 Å². The first kappa shape index (κ1) is 9.65. The highest BCUT2D eigenvalue weighted by atomic mass is 16.1. The molecule has 0 atom stereocenters. The van der Waals surface area contributed by atoms with Crippen molar-refractivity contribution in [1.82, 2.24) is 10.3 Å². The van der Waals surface area contributed by atoms with E-state index in [4.69, 9.17) is 0 Å². The second-order valence-electron chi connectivity index (χ2n) is 3.52. The van der Waals surface area contributed by atoms with Gasteiger partial charge in [0.05, 0.1) is 5.69 Å². The Morgan fingerprint density at radius 1 is 1.27 bits per heavy atom. The highest BCUT2D eigenvalue weighted by Gasteiger charge is 2.19. The van der Waals surface area contributed by atoms with Crippen molar-refractivity contribution in [1.29, 1.82) is 0 Å². The largest absolute Gasteiger partial charge is 0.322 e. The number of rotatable bonds is 1. The number of nitrogens with one attached hydrogen (secondary N) is 1. The fraction of sp³-hybridized carbons (Fsp3) is 0.167. The SMILES string of the molecule is CC1=C(C)/C(=C\c2ccccn2)NC1=O. The van der Waals surface area contributed by atoms with E-state index in [0.29, 0.717) is 0 Å². The quantitative estimate of drug-likeness (QED) is 0.752. The molecule has 1 amide bonds. The van der Waals surface area contributed by atoms with Crippen molar-refractivity contribution in [2.24, 2.45) is 0 Å². The van der Waals surface area contributed by atoms with E-state index in [1.54, 1.807) is 6.20 Å². The van der Waals surface area contributed by atoms with E-state index >= 15 is 0 Å². The molecular weight excluding hydrogens is 188 g/mol. The van der Waals surface area contributed by atoms with Crippen LogP contribution in [0.15, 0.2) is 41.2 Å². The molecule has 1 aliphatic rings. The Hall–Kier alpha value is -1.90. The molecule has 0 aliphatic carbocycles. The Kier molecular flexibility index (Phi) is 2.37. The number of carbonyl (C=O) groups excluding carboxylic acids is 1. The maximum absolute atomic E-state index is 11.4. The van der Waals surface area contributed by atoms with Gasteiger partial charge >= 0.3 is 0 Å². The minimum atomic E-state index is -0.0188. The van der Waals surface area contributed by atoms with Crippen LogP contribution in [0.1, 0.15) is 19.5 Å². The number of nitrogens with zero attached hydrogens (tertiary/aromatic N) is 1. The monoisotopic (exact) mass is 200 g/mol. The summed E-state index contributed by atoms with van der Waals surface area (Å²) in [5, 5.41) is 2.81. The van der Waals surface area contributed by atoms with Gasteiger partial charge in [0, 0.05) is 17.5 Å². The van der Waals surface area contributed by atoms with E-state index in [9.17, 15) is 4.79 Å². The van der Waals surface area contributed by atoms with Crippen LogP contribution in [-0.2, 0) is 4.79 Å². The predicted octanol–water partition coefficient (Wildman–Crippen LogP) is 1.89. The number of amides is 1. The number of hydrogen-bond acceptors (Lipinski definition) is 2. The van der Waals surface area contributed by atoms with Gasteiger partial charge < -0.3 is 5.32 Å². The van der Waals surface area contributed by atoms with E-state index in [1.807, 2.05) is 38.1 Å². The van der Waals surface area contributed by atoms with Crippen LogP contribution < -0.4 is 5.32 Å². The first-order chi connectivity index (χ1) is 7.18. The molecule has 0 spiro atoms. The summed E-state index contributed by atoms with van der Waals surface area (Å²) < 4.78 is 0. The summed E-state index contributed by atoms with van der Waals surface area (Å²) in [6, 6.07) is 5.69. The highest BCUT2D eigenvalue weighted by Crippen LogP contribution is 2.20. The van der Waals surface area contributed by atoms with Gasteiger partial charge in [0.15, 0.2) is 0 Å². The van der Waals surface area contributed by atoms with E-state index in [1.165, 1.54) is 0 Å². The van der Waals surface area contributed by atoms with Gasteiger partial charge in [-0.3, -0.25) is 9.78 Å². The number of carbonyl (C=O) groups is 1. The van der Waals surface area contributed by atoms with Crippen LogP contribution in [0.25, 0.3) is 6.08 Å². The van der Waals surface area contributed by atoms with Crippen molar-refractivity contribution in [2.45, 2.75) is 13.8 Å². The van der Waals surface area contributed by atoms with Crippen molar-refractivity contribution >= 4 is 12.0 Å². The molecule has 0 saturated carbocycles. The molecule has 3 heteroatoms. The molecule has 0 aromatic carbocycles. The van der Waals surface area contributed by atoms with Crippen molar-refractivity contribution in [2.75, 3.05) is 0 Å². The molecule has 0 unspecified atom stereocenters. The zero-order valence-corrected chi connectivity index (χ0v) is 8.74.